The maximum absolute atomic E-state index is 11.9. The Labute approximate surface area is 158 Å². The molecule has 0 aromatic rings. The van der Waals surface area contributed by atoms with Crippen molar-refractivity contribution >= 4 is 11.9 Å². The summed E-state index contributed by atoms with van der Waals surface area (Å²) in [6.07, 6.45) is 2.34. The highest BCUT2D eigenvalue weighted by molar-refractivity contribution is 5.82. The van der Waals surface area contributed by atoms with Gasteiger partial charge < -0.3 is 24.8 Å². The highest BCUT2D eigenvalue weighted by atomic mass is 16.5. The first-order valence-corrected chi connectivity index (χ1v) is 10.1. The second-order valence-electron chi connectivity index (χ2n) is 7.47. The first-order chi connectivity index (χ1) is 12.6. The number of hydrogen-bond donors (Lipinski definition) is 1. The van der Waals surface area contributed by atoms with Crippen LogP contribution in [0.5, 0.6) is 0 Å². The normalized spacial score (nSPS) is 25.5. The molecule has 0 bridgehead atoms. The second kappa shape index (κ2) is 10.7. The number of aliphatic imine (C=N–C) groups is 1. The van der Waals surface area contributed by atoms with Gasteiger partial charge in [0.1, 0.15) is 0 Å². The Morgan fingerprint density at radius 1 is 1.15 bits per heavy atom. The Hall–Kier alpha value is -1.34. The number of ether oxygens (including phenoxy) is 1. The highest BCUT2D eigenvalue weighted by Crippen LogP contribution is 2.24. The van der Waals surface area contributed by atoms with Gasteiger partial charge in [0.05, 0.1) is 13.0 Å². The number of likely N-dealkylation sites (N-methyl/N-ethyl adjacent to an activating group) is 1. The molecule has 150 valence electrons. The summed E-state index contributed by atoms with van der Waals surface area (Å²) in [4.78, 5) is 23.5. The minimum atomic E-state index is -0.112. The lowest BCUT2D eigenvalue weighted by Crippen LogP contribution is -2.46. The minimum absolute atomic E-state index is 0.0552. The standard InChI is InChI=1S/C19H37N5O2/c1-5-22-10-12-23(13-11-22)9-7-6-8-21-19(20-3)24-14-16(2)17(15-24)18(25)26-4/h16-17H,5-15H2,1-4H3,(H,20,21). The molecule has 26 heavy (non-hydrogen) atoms. The molecule has 0 radical (unpaired) electrons. The Kier molecular flexibility index (Phi) is 8.65. The SMILES string of the molecule is CCN1CCN(CCCCNC(=NC)N2CC(C)C(C(=O)OC)C2)CC1. The molecule has 0 saturated carbocycles. The van der Waals surface area contributed by atoms with E-state index in [-0.39, 0.29) is 11.9 Å². The number of nitrogens with zero attached hydrogens (tertiary/aromatic N) is 4. The molecule has 0 spiro atoms. The fraction of sp³-hybridized carbons (Fsp3) is 0.895. The molecule has 2 rings (SSSR count). The van der Waals surface area contributed by atoms with Gasteiger partial charge in [-0.05, 0) is 31.8 Å². The van der Waals surface area contributed by atoms with Crippen LogP contribution < -0.4 is 5.32 Å². The van der Waals surface area contributed by atoms with Crippen LogP contribution in [-0.2, 0) is 9.53 Å². The van der Waals surface area contributed by atoms with Crippen LogP contribution in [0, 0.1) is 11.8 Å². The van der Waals surface area contributed by atoms with Crippen LogP contribution in [0.3, 0.4) is 0 Å². The predicted octanol–water partition coefficient (Wildman–Crippen LogP) is 0.720. The van der Waals surface area contributed by atoms with Crippen molar-refractivity contribution in [3.05, 3.63) is 0 Å². The molecular formula is C19H37N5O2. The van der Waals surface area contributed by atoms with Crippen molar-refractivity contribution in [2.24, 2.45) is 16.8 Å². The van der Waals surface area contributed by atoms with Crippen LogP contribution >= 0.6 is 0 Å². The Balaban J connectivity index is 1.63. The van der Waals surface area contributed by atoms with Gasteiger partial charge in [-0.1, -0.05) is 13.8 Å². The molecule has 2 unspecified atom stereocenters. The smallest absolute Gasteiger partial charge is 0.310 e. The lowest BCUT2D eigenvalue weighted by molar-refractivity contribution is -0.145. The van der Waals surface area contributed by atoms with E-state index in [4.69, 9.17) is 4.74 Å². The molecule has 0 aliphatic carbocycles. The zero-order valence-corrected chi connectivity index (χ0v) is 17.0. The number of unbranched alkanes of at least 4 members (excludes halogenated alkanes) is 1. The summed E-state index contributed by atoms with van der Waals surface area (Å²) in [6, 6.07) is 0. The molecule has 2 saturated heterocycles. The third kappa shape index (κ3) is 5.84. The fourth-order valence-corrected chi connectivity index (χ4v) is 3.92. The van der Waals surface area contributed by atoms with Gasteiger partial charge in [-0.3, -0.25) is 9.79 Å². The van der Waals surface area contributed by atoms with E-state index in [0.29, 0.717) is 12.5 Å². The molecule has 0 aromatic carbocycles. The summed E-state index contributed by atoms with van der Waals surface area (Å²) in [5.41, 5.74) is 0. The van der Waals surface area contributed by atoms with E-state index < -0.39 is 0 Å². The van der Waals surface area contributed by atoms with Crippen molar-refractivity contribution in [2.75, 3.05) is 73.1 Å². The molecule has 2 heterocycles. The van der Waals surface area contributed by atoms with Crippen molar-refractivity contribution in [2.45, 2.75) is 26.7 Å². The molecule has 0 amide bonds. The summed E-state index contributed by atoms with van der Waals surface area (Å²) in [5, 5.41) is 3.46. The van der Waals surface area contributed by atoms with Gasteiger partial charge in [0.2, 0.25) is 0 Å². The maximum atomic E-state index is 11.9. The zero-order valence-electron chi connectivity index (χ0n) is 17.0. The van der Waals surface area contributed by atoms with Crippen LogP contribution in [0.4, 0.5) is 0 Å². The Bertz CT molecular complexity index is 463. The van der Waals surface area contributed by atoms with Gasteiger partial charge >= 0.3 is 5.97 Å². The number of carbonyl (C=O) groups excluding carboxylic acids is 1. The highest BCUT2D eigenvalue weighted by Gasteiger charge is 2.36. The predicted molar refractivity (Wildman–Crippen MR) is 105 cm³/mol. The number of carbonyl (C=O) groups is 1. The summed E-state index contributed by atoms with van der Waals surface area (Å²) in [6.45, 7) is 14.0. The van der Waals surface area contributed by atoms with Gasteiger partial charge in [0.15, 0.2) is 5.96 Å². The van der Waals surface area contributed by atoms with Crippen molar-refractivity contribution in [1.82, 2.24) is 20.0 Å². The maximum Gasteiger partial charge on any atom is 0.310 e. The molecule has 2 atom stereocenters. The number of esters is 1. The lowest BCUT2D eigenvalue weighted by atomic mass is 9.99. The van der Waals surface area contributed by atoms with Crippen LogP contribution in [0.25, 0.3) is 0 Å². The molecule has 2 aliphatic heterocycles. The fourth-order valence-electron chi connectivity index (χ4n) is 3.92. The van der Waals surface area contributed by atoms with E-state index in [1.807, 2.05) is 7.05 Å². The zero-order chi connectivity index (χ0) is 18.9. The van der Waals surface area contributed by atoms with Crippen LogP contribution in [0.15, 0.2) is 4.99 Å². The summed E-state index contributed by atoms with van der Waals surface area (Å²) >= 11 is 0. The Morgan fingerprint density at radius 3 is 2.46 bits per heavy atom. The number of piperazine rings is 1. The van der Waals surface area contributed by atoms with E-state index in [1.54, 1.807) is 0 Å². The van der Waals surface area contributed by atoms with Gasteiger partial charge in [0.25, 0.3) is 0 Å². The lowest BCUT2D eigenvalue weighted by Gasteiger charge is -2.34. The van der Waals surface area contributed by atoms with E-state index in [1.165, 1.54) is 52.8 Å². The molecular weight excluding hydrogens is 330 g/mol. The third-order valence-corrected chi connectivity index (χ3v) is 5.72. The van der Waals surface area contributed by atoms with Crippen molar-refractivity contribution in [3.63, 3.8) is 0 Å². The van der Waals surface area contributed by atoms with Crippen LogP contribution in [-0.4, -0.2) is 99.7 Å². The number of hydrogen-bond acceptors (Lipinski definition) is 5. The summed E-state index contributed by atoms with van der Waals surface area (Å²) in [7, 11) is 3.28. The average molecular weight is 368 g/mol. The topological polar surface area (TPSA) is 60.4 Å². The van der Waals surface area contributed by atoms with Crippen LogP contribution in [0.1, 0.15) is 26.7 Å². The Morgan fingerprint density at radius 2 is 1.85 bits per heavy atom. The number of nitrogens with one attached hydrogen (secondary N) is 1. The van der Waals surface area contributed by atoms with E-state index in [2.05, 4.69) is 38.9 Å². The first-order valence-electron chi connectivity index (χ1n) is 10.1. The van der Waals surface area contributed by atoms with E-state index in [0.717, 1.165) is 25.5 Å². The molecule has 7 nitrogen and oxygen atoms in total. The first kappa shape index (κ1) is 21.0. The second-order valence-corrected chi connectivity index (χ2v) is 7.47. The monoisotopic (exact) mass is 367 g/mol. The van der Waals surface area contributed by atoms with Crippen molar-refractivity contribution in [3.8, 4) is 0 Å². The number of methoxy groups -OCH3 is 1. The van der Waals surface area contributed by atoms with E-state index in [9.17, 15) is 4.79 Å². The van der Waals surface area contributed by atoms with Crippen molar-refractivity contribution < 1.29 is 9.53 Å². The molecule has 7 heteroatoms. The minimum Gasteiger partial charge on any atom is -0.469 e. The largest absolute Gasteiger partial charge is 0.469 e. The number of guanidine groups is 1. The molecule has 2 aliphatic rings. The number of likely N-dealkylation sites (tertiary alicyclic amines) is 1. The van der Waals surface area contributed by atoms with Gasteiger partial charge in [-0.25, -0.2) is 0 Å². The van der Waals surface area contributed by atoms with Gasteiger partial charge in [-0.2, -0.15) is 0 Å². The average Bonchev–Trinajstić information content (AvgIpc) is 3.06. The quantitative estimate of drug-likeness (QED) is 0.310. The number of rotatable bonds is 7. The molecule has 0 aromatic heterocycles. The molecule has 1 N–H and O–H groups in total. The van der Waals surface area contributed by atoms with E-state index >= 15 is 0 Å². The third-order valence-electron chi connectivity index (χ3n) is 5.72. The molecule has 2 fully saturated rings. The van der Waals surface area contributed by atoms with Gasteiger partial charge in [0, 0.05) is 52.9 Å². The van der Waals surface area contributed by atoms with Gasteiger partial charge in [-0.15, -0.1) is 0 Å². The summed E-state index contributed by atoms with van der Waals surface area (Å²) in [5.74, 6) is 1.03. The summed E-state index contributed by atoms with van der Waals surface area (Å²) < 4.78 is 4.92. The van der Waals surface area contributed by atoms with Crippen LogP contribution in [0.2, 0.25) is 0 Å². The van der Waals surface area contributed by atoms with Crippen molar-refractivity contribution in [1.29, 1.82) is 0 Å².